The molecule has 3 rings (SSSR count). The van der Waals surface area contributed by atoms with Gasteiger partial charge in [-0.15, -0.1) is 12.4 Å². The molecular weight excluding hydrogens is 346 g/mol. The second-order valence-electron chi connectivity index (χ2n) is 6.75. The summed E-state index contributed by atoms with van der Waals surface area (Å²) in [6.45, 7) is 5.45. The van der Waals surface area contributed by atoms with E-state index in [0.29, 0.717) is 12.6 Å². The fourth-order valence-electron chi connectivity index (χ4n) is 3.46. The molecule has 4 nitrogen and oxygen atoms in total. The third-order valence-corrected chi connectivity index (χ3v) is 4.99. The van der Waals surface area contributed by atoms with E-state index in [1.165, 1.54) is 0 Å². The highest BCUT2D eigenvalue weighted by Crippen LogP contribution is 2.27. The van der Waals surface area contributed by atoms with Crippen molar-refractivity contribution in [3.05, 3.63) is 71.8 Å². The first-order chi connectivity index (χ1) is 12.2. The van der Waals surface area contributed by atoms with Crippen molar-refractivity contribution in [1.82, 2.24) is 15.1 Å². The van der Waals surface area contributed by atoms with Crippen molar-refractivity contribution in [3.63, 3.8) is 0 Å². The van der Waals surface area contributed by atoms with Gasteiger partial charge in [0.15, 0.2) is 0 Å². The van der Waals surface area contributed by atoms with Gasteiger partial charge in [0, 0.05) is 32.7 Å². The highest BCUT2D eigenvalue weighted by molar-refractivity contribution is 5.85. The quantitative estimate of drug-likeness (QED) is 0.875. The first kappa shape index (κ1) is 20.4. The Kier molecular flexibility index (Phi) is 7.64. The molecule has 26 heavy (non-hydrogen) atoms. The minimum Gasteiger partial charge on any atom is -0.334 e. The van der Waals surface area contributed by atoms with E-state index in [2.05, 4.69) is 41.4 Å². The smallest absolute Gasteiger partial charge is 0.237 e. The third kappa shape index (κ3) is 4.85. The zero-order valence-corrected chi connectivity index (χ0v) is 16.3. The lowest BCUT2D eigenvalue weighted by molar-refractivity contribution is -0.133. The Morgan fingerprint density at radius 3 is 2.15 bits per heavy atom. The molecule has 0 spiro atoms. The van der Waals surface area contributed by atoms with Crippen molar-refractivity contribution in [1.29, 1.82) is 0 Å². The van der Waals surface area contributed by atoms with E-state index in [1.54, 1.807) is 0 Å². The van der Waals surface area contributed by atoms with E-state index >= 15 is 0 Å². The van der Waals surface area contributed by atoms with Crippen molar-refractivity contribution in [3.8, 4) is 0 Å². The average molecular weight is 374 g/mol. The van der Waals surface area contributed by atoms with Crippen molar-refractivity contribution in [2.24, 2.45) is 0 Å². The van der Waals surface area contributed by atoms with Gasteiger partial charge in [-0.05, 0) is 18.1 Å². The maximum absolute atomic E-state index is 13.0. The van der Waals surface area contributed by atoms with Gasteiger partial charge in [-0.25, -0.2) is 0 Å². The summed E-state index contributed by atoms with van der Waals surface area (Å²) in [4.78, 5) is 17.2. The Morgan fingerprint density at radius 1 is 1.12 bits per heavy atom. The van der Waals surface area contributed by atoms with Crippen LogP contribution in [0.5, 0.6) is 0 Å². The minimum absolute atomic E-state index is 0. The summed E-state index contributed by atoms with van der Waals surface area (Å²) in [7, 11) is 1.92. The molecule has 0 bridgehead atoms. The van der Waals surface area contributed by atoms with E-state index in [1.807, 2.05) is 48.3 Å². The van der Waals surface area contributed by atoms with Crippen LogP contribution in [0, 0.1) is 0 Å². The van der Waals surface area contributed by atoms with Crippen LogP contribution in [0.15, 0.2) is 60.7 Å². The Bertz CT molecular complexity index is 641. The molecule has 0 saturated carbocycles. The second-order valence-corrected chi connectivity index (χ2v) is 6.75. The summed E-state index contributed by atoms with van der Waals surface area (Å²) >= 11 is 0. The number of halogens is 1. The van der Waals surface area contributed by atoms with Crippen LogP contribution < -0.4 is 5.32 Å². The highest BCUT2D eigenvalue weighted by atomic mass is 35.5. The molecule has 140 valence electrons. The number of carbonyl (C=O) groups excluding carboxylic acids is 1. The normalized spacial score (nSPS) is 17.6. The Hall–Kier alpha value is -1.88. The Morgan fingerprint density at radius 2 is 1.65 bits per heavy atom. The van der Waals surface area contributed by atoms with Crippen molar-refractivity contribution in [2.75, 3.05) is 33.2 Å². The van der Waals surface area contributed by atoms with Crippen LogP contribution in [0.4, 0.5) is 0 Å². The number of hydrogen-bond donors (Lipinski definition) is 1. The Labute approximate surface area is 162 Å². The predicted molar refractivity (Wildman–Crippen MR) is 109 cm³/mol. The molecule has 0 aromatic heterocycles. The fourth-order valence-corrected chi connectivity index (χ4v) is 3.46. The Balaban J connectivity index is 0.00000243. The lowest BCUT2D eigenvalue weighted by atomic mass is 9.97. The molecule has 0 radical (unpaired) electrons. The zero-order valence-electron chi connectivity index (χ0n) is 15.5. The first-order valence-electron chi connectivity index (χ1n) is 8.97. The number of likely N-dealkylation sites (N-methyl/N-ethyl adjacent to an activating group) is 1. The summed E-state index contributed by atoms with van der Waals surface area (Å²) in [5.74, 6) is 0.159. The molecule has 5 heteroatoms. The molecule has 1 atom stereocenters. The van der Waals surface area contributed by atoms with Crippen LogP contribution in [0.2, 0.25) is 0 Å². The molecule has 2 aromatic rings. The number of piperazine rings is 1. The second kappa shape index (κ2) is 9.72. The number of hydrogen-bond acceptors (Lipinski definition) is 3. The molecule has 1 N–H and O–H groups in total. The maximum atomic E-state index is 13.0. The molecule has 1 aliphatic rings. The summed E-state index contributed by atoms with van der Waals surface area (Å²) in [5.41, 5.74) is 2.27. The molecule has 1 fully saturated rings. The van der Waals surface area contributed by atoms with Crippen LogP contribution in [-0.4, -0.2) is 55.0 Å². The van der Waals surface area contributed by atoms with Gasteiger partial charge >= 0.3 is 0 Å². The lowest BCUT2D eigenvalue weighted by Crippen LogP contribution is -2.53. The number of carbonyl (C=O) groups is 1. The molecule has 0 unspecified atom stereocenters. The van der Waals surface area contributed by atoms with Crippen LogP contribution in [0.3, 0.4) is 0 Å². The van der Waals surface area contributed by atoms with Gasteiger partial charge in [-0.3, -0.25) is 9.69 Å². The highest BCUT2D eigenvalue weighted by Gasteiger charge is 2.27. The van der Waals surface area contributed by atoms with E-state index in [-0.39, 0.29) is 24.4 Å². The van der Waals surface area contributed by atoms with E-state index in [4.69, 9.17) is 0 Å². The van der Waals surface area contributed by atoms with Gasteiger partial charge < -0.3 is 10.2 Å². The zero-order chi connectivity index (χ0) is 17.6. The first-order valence-corrected chi connectivity index (χ1v) is 8.97. The molecule has 1 aliphatic heterocycles. The standard InChI is InChI=1S/C21H27N3O.ClH/c1-17-15-22-13-14-24(17)16-20(25)23(2)21(18-9-5-3-6-10-18)19-11-7-4-8-12-19;/h3-12,17,21-22H,13-16H2,1-2H3;1H/t17-;/m1./s1. The number of benzene rings is 2. The molecule has 1 saturated heterocycles. The predicted octanol–water partition coefficient (Wildman–Crippen LogP) is 2.95. The third-order valence-electron chi connectivity index (χ3n) is 4.99. The summed E-state index contributed by atoms with van der Waals surface area (Å²) in [5, 5.41) is 3.37. The molecule has 1 amide bonds. The number of amides is 1. The molecular formula is C21H28ClN3O. The number of nitrogens with one attached hydrogen (secondary N) is 1. The van der Waals surface area contributed by atoms with Crippen molar-refractivity contribution in [2.45, 2.75) is 19.0 Å². The summed E-state index contributed by atoms with van der Waals surface area (Å²) < 4.78 is 0. The maximum Gasteiger partial charge on any atom is 0.237 e. The fraction of sp³-hybridized carbons (Fsp3) is 0.381. The van der Waals surface area contributed by atoms with Crippen LogP contribution in [-0.2, 0) is 4.79 Å². The van der Waals surface area contributed by atoms with Gasteiger partial charge in [-0.2, -0.15) is 0 Å². The van der Waals surface area contributed by atoms with E-state index in [0.717, 1.165) is 30.8 Å². The van der Waals surface area contributed by atoms with Gasteiger partial charge in [-0.1, -0.05) is 60.7 Å². The van der Waals surface area contributed by atoms with Gasteiger partial charge in [0.05, 0.1) is 12.6 Å². The average Bonchev–Trinajstić information content (AvgIpc) is 2.65. The van der Waals surface area contributed by atoms with Crippen molar-refractivity contribution < 1.29 is 4.79 Å². The van der Waals surface area contributed by atoms with Crippen LogP contribution >= 0.6 is 12.4 Å². The van der Waals surface area contributed by atoms with E-state index in [9.17, 15) is 4.79 Å². The molecule has 2 aromatic carbocycles. The monoisotopic (exact) mass is 373 g/mol. The van der Waals surface area contributed by atoms with E-state index < -0.39 is 0 Å². The summed E-state index contributed by atoms with van der Waals surface area (Å²) in [6.07, 6.45) is 0. The van der Waals surface area contributed by atoms with Crippen molar-refractivity contribution >= 4 is 18.3 Å². The van der Waals surface area contributed by atoms with Gasteiger partial charge in [0.2, 0.25) is 5.91 Å². The molecule has 1 heterocycles. The minimum atomic E-state index is -0.0619. The topological polar surface area (TPSA) is 35.6 Å². The largest absolute Gasteiger partial charge is 0.334 e. The van der Waals surface area contributed by atoms with Crippen LogP contribution in [0.1, 0.15) is 24.1 Å². The number of nitrogens with zero attached hydrogens (tertiary/aromatic N) is 2. The number of rotatable bonds is 5. The molecule has 0 aliphatic carbocycles. The van der Waals surface area contributed by atoms with Gasteiger partial charge in [0.1, 0.15) is 0 Å². The summed E-state index contributed by atoms with van der Waals surface area (Å²) in [6, 6.07) is 20.8. The van der Waals surface area contributed by atoms with Gasteiger partial charge in [0.25, 0.3) is 0 Å². The SMILES string of the molecule is C[C@@H]1CNCCN1CC(=O)N(C)C(c1ccccc1)c1ccccc1.Cl. The lowest BCUT2D eigenvalue weighted by Gasteiger charge is -2.36. The van der Waals surface area contributed by atoms with Crippen LogP contribution in [0.25, 0.3) is 0 Å².